The lowest BCUT2D eigenvalue weighted by Gasteiger charge is -2.36. The molecule has 0 aromatic carbocycles. The minimum atomic E-state index is -2.69. The molecular formula is C9H18BF2O. The van der Waals surface area contributed by atoms with E-state index in [2.05, 4.69) is 0 Å². The van der Waals surface area contributed by atoms with Crippen molar-refractivity contribution in [3.05, 3.63) is 0 Å². The third-order valence-electron chi connectivity index (χ3n) is 2.34. The highest BCUT2D eigenvalue weighted by atomic mass is 19.3. The van der Waals surface area contributed by atoms with E-state index in [0.29, 0.717) is 0 Å². The molecule has 0 aliphatic heterocycles. The zero-order valence-electron chi connectivity index (χ0n) is 9.03. The summed E-state index contributed by atoms with van der Waals surface area (Å²) in [7, 11) is 3.02. The summed E-state index contributed by atoms with van der Waals surface area (Å²) >= 11 is 0. The first kappa shape index (κ1) is 12.9. The quantitative estimate of drug-likeness (QED) is 0.607. The highest BCUT2D eigenvalue weighted by Crippen LogP contribution is 2.46. The summed E-state index contributed by atoms with van der Waals surface area (Å²) < 4.78 is 31.9. The molecule has 0 amide bonds. The SMILES string of the molecule is COC[B]C(C)(C)C(F)(F)C(C)C. The van der Waals surface area contributed by atoms with E-state index in [4.69, 9.17) is 4.74 Å². The first-order chi connectivity index (χ1) is 5.75. The molecule has 0 aliphatic rings. The number of methoxy groups -OCH3 is 1. The summed E-state index contributed by atoms with van der Waals surface area (Å²) in [5.74, 6) is -3.35. The van der Waals surface area contributed by atoms with Crippen LogP contribution >= 0.6 is 0 Å². The van der Waals surface area contributed by atoms with Gasteiger partial charge in [0.2, 0.25) is 5.92 Å². The lowest BCUT2D eigenvalue weighted by Crippen LogP contribution is -2.41. The Morgan fingerprint density at radius 3 is 2.08 bits per heavy atom. The van der Waals surface area contributed by atoms with Gasteiger partial charge in [-0.25, -0.2) is 8.78 Å². The fourth-order valence-corrected chi connectivity index (χ4v) is 1.17. The predicted molar refractivity (Wildman–Crippen MR) is 51.5 cm³/mol. The fraction of sp³-hybridized carbons (Fsp3) is 1.00. The van der Waals surface area contributed by atoms with Gasteiger partial charge in [0, 0.05) is 24.8 Å². The molecule has 0 saturated heterocycles. The number of hydrogen-bond acceptors (Lipinski definition) is 1. The van der Waals surface area contributed by atoms with Gasteiger partial charge in [-0.05, 0) is 0 Å². The molecule has 4 heteroatoms. The molecule has 0 atom stereocenters. The Bertz CT molecular complexity index is 158. The number of alkyl halides is 2. The van der Waals surface area contributed by atoms with E-state index in [0.717, 1.165) is 0 Å². The van der Waals surface area contributed by atoms with E-state index in [1.54, 1.807) is 0 Å². The second-order valence-electron chi connectivity index (χ2n) is 4.16. The molecule has 0 unspecified atom stereocenters. The Balaban J connectivity index is 4.41. The summed E-state index contributed by atoms with van der Waals surface area (Å²) in [6.45, 7) is 6.39. The molecule has 0 N–H and O–H groups in total. The van der Waals surface area contributed by atoms with E-state index in [9.17, 15) is 8.78 Å². The van der Waals surface area contributed by atoms with Crippen LogP contribution in [-0.4, -0.2) is 26.8 Å². The maximum atomic E-state index is 13.6. The Morgan fingerprint density at radius 2 is 1.77 bits per heavy atom. The second-order valence-corrected chi connectivity index (χ2v) is 4.16. The van der Waals surface area contributed by atoms with Crippen molar-refractivity contribution in [2.75, 3.05) is 13.6 Å². The third kappa shape index (κ3) is 2.94. The van der Waals surface area contributed by atoms with Crippen LogP contribution < -0.4 is 0 Å². The van der Waals surface area contributed by atoms with Crippen LogP contribution in [0.5, 0.6) is 0 Å². The van der Waals surface area contributed by atoms with Gasteiger partial charge in [0.1, 0.15) is 0 Å². The van der Waals surface area contributed by atoms with E-state index < -0.39 is 17.2 Å². The minimum Gasteiger partial charge on any atom is -0.394 e. The van der Waals surface area contributed by atoms with Crippen molar-refractivity contribution >= 4 is 7.28 Å². The van der Waals surface area contributed by atoms with Gasteiger partial charge in [-0.15, -0.1) is 0 Å². The Morgan fingerprint density at radius 1 is 1.31 bits per heavy atom. The molecule has 0 bridgehead atoms. The molecule has 1 nitrogen and oxygen atoms in total. The minimum absolute atomic E-state index is 0.259. The van der Waals surface area contributed by atoms with Gasteiger partial charge in [-0.2, -0.15) is 0 Å². The highest BCUT2D eigenvalue weighted by Gasteiger charge is 2.48. The van der Waals surface area contributed by atoms with Crippen LogP contribution in [0.25, 0.3) is 0 Å². The third-order valence-corrected chi connectivity index (χ3v) is 2.34. The van der Waals surface area contributed by atoms with E-state index in [-0.39, 0.29) is 6.51 Å². The van der Waals surface area contributed by atoms with Crippen molar-refractivity contribution in [1.29, 1.82) is 0 Å². The molecule has 1 radical (unpaired) electrons. The van der Waals surface area contributed by atoms with Gasteiger partial charge in [-0.1, -0.05) is 27.7 Å². The van der Waals surface area contributed by atoms with Gasteiger partial charge in [-0.3, -0.25) is 0 Å². The lowest BCUT2D eigenvalue weighted by molar-refractivity contribution is -0.0791. The maximum absolute atomic E-state index is 13.6. The van der Waals surface area contributed by atoms with Crippen LogP contribution in [0, 0.1) is 5.92 Å². The molecule has 0 aromatic rings. The van der Waals surface area contributed by atoms with Gasteiger partial charge < -0.3 is 4.74 Å². The molecular weight excluding hydrogens is 173 g/mol. The average Bonchev–Trinajstić information content (AvgIpc) is 2.00. The van der Waals surface area contributed by atoms with Crippen LogP contribution in [-0.2, 0) is 4.74 Å². The Hall–Kier alpha value is -0.115. The van der Waals surface area contributed by atoms with Crippen LogP contribution in [0.3, 0.4) is 0 Å². The smallest absolute Gasteiger partial charge is 0.248 e. The molecule has 0 fully saturated rings. The van der Waals surface area contributed by atoms with Crippen molar-refractivity contribution in [3.8, 4) is 0 Å². The molecule has 0 rings (SSSR count). The van der Waals surface area contributed by atoms with E-state index >= 15 is 0 Å². The highest BCUT2D eigenvalue weighted by molar-refractivity contribution is 6.40. The fourth-order valence-electron chi connectivity index (χ4n) is 1.17. The second kappa shape index (κ2) is 4.40. The summed E-state index contributed by atoms with van der Waals surface area (Å²) in [6, 6.07) is 0. The molecule has 77 valence electrons. The lowest BCUT2D eigenvalue weighted by atomic mass is 9.50. The zero-order valence-corrected chi connectivity index (χ0v) is 9.03. The maximum Gasteiger partial charge on any atom is 0.248 e. The van der Waals surface area contributed by atoms with E-state index in [1.165, 1.54) is 42.1 Å². The Labute approximate surface area is 80.1 Å². The van der Waals surface area contributed by atoms with Crippen LogP contribution in [0.2, 0.25) is 5.31 Å². The summed E-state index contributed by atoms with van der Waals surface area (Å²) in [5, 5.41) is -1.11. The summed E-state index contributed by atoms with van der Waals surface area (Å²) in [5.41, 5.74) is 0. The molecule has 0 spiro atoms. The molecule has 13 heavy (non-hydrogen) atoms. The largest absolute Gasteiger partial charge is 0.394 e. The average molecular weight is 191 g/mol. The van der Waals surface area contributed by atoms with Gasteiger partial charge in [0.25, 0.3) is 0 Å². The van der Waals surface area contributed by atoms with Crippen molar-refractivity contribution in [2.45, 2.75) is 38.9 Å². The van der Waals surface area contributed by atoms with Crippen molar-refractivity contribution < 1.29 is 13.5 Å². The first-order valence-corrected chi connectivity index (χ1v) is 4.47. The number of hydrogen-bond donors (Lipinski definition) is 0. The van der Waals surface area contributed by atoms with Gasteiger partial charge in [0.15, 0.2) is 7.28 Å². The normalized spacial score (nSPS) is 13.5. The van der Waals surface area contributed by atoms with Crippen LogP contribution in [0.4, 0.5) is 8.78 Å². The van der Waals surface area contributed by atoms with Crippen molar-refractivity contribution in [3.63, 3.8) is 0 Å². The van der Waals surface area contributed by atoms with E-state index in [1.807, 2.05) is 0 Å². The number of halogens is 2. The number of ether oxygens (including phenoxy) is 1. The topological polar surface area (TPSA) is 9.23 Å². The van der Waals surface area contributed by atoms with Gasteiger partial charge >= 0.3 is 0 Å². The molecule has 0 aromatic heterocycles. The standard InChI is InChI=1S/C9H18BF2O/c1-7(2)9(11,12)8(3,4)10-6-13-5/h7H,6H2,1-5H3. The van der Waals surface area contributed by atoms with Crippen LogP contribution in [0.15, 0.2) is 0 Å². The zero-order chi connectivity index (χ0) is 10.7. The van der Waals surface area contributed by atoms with Crippen molar-refractivity contribution in [2.24, 2.45) is 5.92 Å². The molecule has 0 heterocycles. The Kier molecular flexibility index (Phi) is 4.36. The molecule has 0 aliphatic carbocycles. The van der Waals surface area contributed by atoms with Gasteiger partial charge in [0.05, 0.1) is 0 Å². The molecule has 0 saturated carbocycles. The van der Waals surface area contributed by atoms with Crippen molar-refractivity contribution in [1.82, 2.24) is 0 Å². The summed E-state index contributed by atoms with van der Waals surface area (Å²) in [6.07, 6.45) is 0. The predicted octanol–water partition coefficient (Wildman–Crippen LogP) is 2.78. The number of rotatable bonds is 5. The first-order valence-electron chi connectivity index (χ1n) is 4.47. The van der Waals surface area contributed by atoms with Crippen LogP contribution in [0.1, 0.15) is 27.7 Å². The monoisotopic (exact) mass is 191 g/mol. The summed E-state index contributed by atoms with van der Waals surface area (Å²) in [4.78, 5) is 0.